The smallest absolute Gasteiger partial charge is 0.325 e. The van der Waals surface area contributed by atoms with E-state index in [9.17, 15) is 9.59 Å². The molecule has 1 rings (SSSR count). The Morgan fingerprint density at radius 3 is 2.62 bits per heavy atom. The van der Waals surface area contributed by atoms with Gasteiger partial charge in [-0.3, -0.25) is 19.4 Å². The highest BCUT2D eigenvalue weighted by Gasteiger charge is 2.23. The Bertz CT molecular complexity index is 394. The molecule has 1 heterocycles. The number of halogens is 1. The maximum atomic E-state index is 11.2. The highest BCUT2D eigenvalue weighted by molar-refractivity contribution is 9.10. The largest absolute Gasteiger partial charge is 0.480 e. The van der Waals surface area contributed by atoms with Crippen LogP contribution in [0.2, 0.25) is 0 Å². The average Bonchev–Trinajstić information content (AvgIpc) is 2.26. The van der Waals surface area contributed by atoms with Crippen molar-refractivity contribution in [3.63, 3.8) is 0 Å². The zero-order valence-electron chi connectivity index (χ0n) is 6.74. The predicted molar refractivity (Wildman–Crippen MR) is 48.3 cm³/mol. The monoisotopic (exact) mass is 249 g/mol. The molecule has 0 radical (unpaired) electrons. The van der Waals surface area contributed by atoms with Crippen molar-refractivity contribution in [3.8, 4) is 0 Å². The molecular weight excluding hydrogens is 242 g/mol. The molecule has 72 valence electrons. The van der Waals surface area contributed by atoms with E-state index in [2.05, 4.69) is 21.0 Å². The van der Waals surface area contributed by atoms with Gasteiger partial charge in [-0.25, -0.2) is 0 Å². The molecule has 0 aliphatic heterocycles. The van der Waals surface area contributed by atoms with E-state index < -0.39 is 17.6 Å². The van der Waals surface area contributed by atoms with Crippen molar-refractivity contribution in [1.82, 2.24) is 9.78 Å². The number of aromatic amines is 1. The summed E-state index contributed by atoms with van der Waals surface area (Å²) in [6.07, 6.45) is 0. The van der Waals surface area contributed by atoms with Gasteiger partial charge in [0.2, 0.25) is 0 Å². The van der Waals surface area contributed by atoms with E-state index >= 15 is 0 Å². The van der Waals surface area contributed by atoms with Gasteiger partial charge in [-0.2, -0.15) is 0 Å². The Balaban J connectivity index is 3.29. The summed E-state index contributed by atoms with van der Waals surface area (Å²) in [5, 5.41) is 11.0. The Kier molecular flexibility index (Phi) is 2.58. The molecule has 13 heavy (non-hydrogen) atoms. The second-order valence-electron chi connectivity index (χ2n) is 2.52. The Morgan fingerprint density at radius 1 is 1.77 bits per heavy atom. The second kappa shape index (κ2) is 3.35. The first-order chi connectivity index (χ1) is 5.95. The van der Waals surface area contributed by atoms with Crippen LogP contribution in [0.4, 0.5) is 0 Å². The fourth-order valence-electron chi connectivity index (χ4n) is 0.929. The van der Waals surface area contributed by atoms with Gasteiger partial charge in [0.1, 0.15) is 10.6 Å². The molecule has 0 aliphatic carbocycles. The summed E-state index contributed by atoms with van der Waals surface area (Å²) in [6.45, 7) is 0. The van der Waals surface area contributed by atoms with Crippen LogP contribution < -0.4 is 11.3 Å². The minimum Gasteiger partial charge on any atom is -0.480 e. The van der Waals surface area contributed by atoms with Crippen LogP contribution in [0.1, 0.15) is 11.6 Å². The number of carboxylic acid groups (broad SMARTS) is 1. The van der Waals surface area contributed by atoms with Gasteiger partial charge in [0, 0.05) is 7.05 Å². The SMILES string of the molecule is Cn1[nH]c(=O)c(C(N)C(=O)O)c1Br. The third-order valence-corrected chi connectivity index (χ3v) is 2.57. The summed E-state index contributed by atoms with van der Waals surface area (Å²) in [6, 6.07) is -1.31. The number of nitrogens with one attached hydrogen (secondary N) is 1. The summed E-state index contributed by atoms with van der Waals surface area (Å²) in [5.74, 6) is -1.24. The van der Waals surface area contributed by atoms with Gasteiger partial charge in [0.25, 0.3) is 5.56 Å². The molecule has 0 aromatic carbocycles. The zero-order valence-corrected chi connectivity index (χ0v) is 8.33. The molecule has 6 nitrogen and oxygen atoms in total. The van der Waals surface area contributed by atoms with E-state index in [1.54, 1.807) is 7.05 Å². The number of aromatic nitrogens is 2. The Morgan fingerprint density at radius 2 is 2.31 bits per heavy atom. The van der Waals surface area contributed by atoms with Crippen LogP contribution in [0.25, 0.3) is 0 Å². The van der Waals surface area contributed by atoms with Gasteiger partial charge in [0.15, 0.2) is 0 Å². The number of aryl methyl sites for hydroxylation is 1. The lowest BCUT2D eigenvalue weighted by atomic mass is 10.2. The van der Waals surface area contributed by atoms with Crippen LogP contribution in [-0.2, 0) is 11.8 Å². The van der Waals surface area contributed by atoms with E-state index in [0.717, 1.165) is 0 Å². The van der Waals surface area contributed by atoms with E-state index in [4.69, 9.17) is 10.8 Å². The van der Waals surface area contributed by atoms with Gasteiger partial charge in [-0.05, 0) is 15.9 Å². The molecule has 0 aliphatic rings. The molecular formula is C6H8BrN3O3. The van der Waals surface area contributed by atoms with Gasteiger partial charge in [0.05, 0.1) is 5.56 Å². The van der Waals surface area contributed by atoms with Crippen LogP contribution in [0.3, 0.4) is 0 Å². The van der Waals surface area contributed by atoms with Crippen LogP contribution in [0.15, 0.2) is 9.40 Å². The molecule has 0 bridgehead atoms. The summed E-state index contributed by atoms with van der Waals surface area (Å²) >= 11 is 3.06. The first-order valence-electron chi connectivity index (χ1n) is 3.38. The third-order valence-electron chi connectivity index (χ3n) is 1.61. The van der Waals surface area contributed by atoms with E-state index in [-0.39, 0.29) is 5.56 Å². The van der Waals surface area contributed by atoms with Crippen molar-refractivity contribution in [2.45, 2.75) is 6.04 Å². The van der Waals surface area contributed by atoms with E-state index in [1.165, 1.54) is 4.68 Å². The lowest BCUT2D eigenvalue weighted by molar-refractivity contribution is -0.138. The molecule has 7 heteroatoms. The minimum absolute atomic E-state index is 0.0231. The van der Waals surface area contributed by atoms with Gasteiger partial charge in [-0.15, -0.1) is 0 Å². The summed E-state index contributed by atoms with van der Waals surface area (Å²) in [7, 11) is 1.57. The molecule has 0 fully saturated rings. The molecule has 0 saturated heterocycles. The summed E-state index contributed by atoms with van der Waals surface area (Å²) in [4.78, 5) is 21.7. The molecule has 1 unspecified atom stereocenters. The average molecular weight is 250 g/mol. The Labute approximate surface area is 81.5 Å². The van der Waals surface area contributed by atoms with Crippen LogP contribution >= 0.6 is 15.9 Å². The maximum absolute atomic E-state index is 11.2. The van der Waals surface area contributed by atoms with Crippen molar-refractivity contribution in [2.75, 3.05) is 0 Å². The number of nitrogens with two attached hydrogens (primary N) is 1. The summed E-state index contributed by atoms with van der Waals surface area (Å²) < 4.78 is 1.72. The van der Waals surface area contributed by atoms with Crippen molar-refractivity contribution in [1.29, 1.82) is 0 Å². The normalized spacial score (nSPS) is 12.8. The molecule has 1 aromatic rings. The fourth-order valence-corrected chi connectivity index (χ4v) is 1.44. The van der Waals surface area contributed by atoms with Crippen molar-refractivity contribution in [2.24, 2.45) is 12.8 Å². The summed E-state index contributed by atoms with van der Waals surface area (Å²) in [5.41, 5.74) is 4.82. The number of hydrogen-bond acceptors (Lipinski definition) is 3. The van der Waals surface area contributed by atoms with Gasteiger partial charge >= 0.3 is 5.97 Å². The fraction of sp³-hybridized carbons (Fsp3) is 0.333. The molecule has 4 N–H and O–H groups in total. The number of carboxylic acids is 1. The molecule has 0 spiro atoms. The molecule has 0 amide bonds. The van der Waals surface area contributed by atoms with Crippen molar-refractivity contribution < 1.29 is 9.90 Å². The predicted octanol–water partition coefficient (Wildman–Crippen LogP) is -0.440. The highest BCUT2D eigenvalue weighted by atomic mass is 79.9. The van der Waals surface area contributed by atoms with Crippen LogP contribution in [0.5, 0.6) is 0 Å². The standard InChI is InChI=1S/C6H8BrN3O3/c1-10-4(7)2(5(11)9-10)3(8)6(12)13/h3H,8H2,1H3,(H,9,11)(H,12,13). The first kappa shape index (κ1) is 10.0. The lowest BCUT2D eigenvalue weighted by Crippen LogP contribution is -2.25. The third kappa shape index (κ3) is 1.65. The number of rotatable bonds is 2. The number of nitrogens with zero attached hydrogens (tertiary/aromatic N) is 1. The zero-order chi connectivity index (χ0) is 10.2. The van der Waals surface area contributed by atoms with Crippen molar-refractivity contribution >= 4 is 21.9 Å². The number of carbonyl (C=O) groups is 1. The quantitative estimate of drug-likeness (QED) is 0.662. The lowest BCUT2D eigenvalue weighted by Gasteiger charge is -2.02. The number of aliphatic carboxylic acids is 1. The van der Waals surface area contributed by atoms with E-state index in [1.807, 2.05) is 0 Å². The number of hydrogen-bond donors (Lipinski definition) is 3. The highest BCUT2D eigenvalue weighted by Crippen LogP contribution is 2.17. The molecule has 1 atom stereocenters. The van der Waals surface area contributed by atoms with Gasteiger partial charge < -0.3 is 10.8 Å². The topological polar surface area (TPSA) is 101 Å². The van der Waals surface area contributed by atoms with Gasteiger partial charge in [-0.1, -0.05) is 0 Å². The van der Waals surface area contributed by atoms with Crippen LogP contribution in [0, 0.1) is 0 Å². The minimum atomic E-state index is -1.31. The molecule has 0 saturated carbocycles. The first-order valence-corrected chi connectivity index (χ1v) is 4.17. The second-order valence-corrected chi connectivity index (χ2v) is 3.27. The Hall–Kier alpha value is -1.08. The number of H-pyrrole nitrogens is 1. The van der Waals surface area contributed by atoms with Crippen LogP contribution in [-0.4, -0.2) is 20.9 Å². The molecule has 1 aromatic heterocycles. The van der Waals surface area contributed by atoms with Crippen molar-refractivity contribution in [3.05, 3.63) is 20.5 Å². The van der Waals surface area contributed by atoms with E-state index in [0.29, 0.717) is 4.60 Å². The maximum Gasteiger partial charge on any atom is 0.325 e.